The van der Waals surface area contributed by atoms with Crippen LogP contribution in [0.2, 0.25) is 0 Å². The summed E-state index contributed by atoms with van der Waals surface area (Å²) in [7, 11) is 0. The molecule has 3 unspecified atom stereocenters. The molecule has 2 N–H and O–H groups in total. The molecule has 9 heteroatoms. The Bertz CT molecular complexity index is 905. The van der Waals surface area contributed by atoms with E-state index < -0.39 is 40.2 Å². The maximum absolute atomic E-state index is 14.7. The van der Waals surface area contributed by atoms with Crippen molar-refractivity contribution in [3.05, 3.63) is 12.7 Å². The summed E-state index contributed by atoms with van der Waals surface area (Å²) in [6, 6.07) is -1.41. The molecule has 0 radical (unpaired) electrons. The van der Waals surface area contributed by atoms with Gasteiger partial charge in [0.1, 0.15) is 6.04 Å². The zero-order chi connectivity index (χ0) is 27.4. The van der Waals surface area contributed by atoms with Crippen molar-refractivity contribution < 1.29 is 24.6 Å². The highest BCUT2D eigenvalue weighted by Gasteiger charge is 2.76. The Morgan fingerprint density at radius 2 is 1.94 bits per heavy atom. The summed E-state index contributed by atoms with van der Waals surface area (Å²) in [6.07, 6.45) is 3.71. The molecule has 204 valence electrons. The Balaban J connectivity index is 2.19. The first-order valence-electron chi connectivity index (χ1n) is 13.0. The maximum Gasteiger partial charge on any atom is 0.308 e. The number of aliphatic hydroxyl groups is 1. The van der Waals surface area contributed by atoms with Gasteiger partial charge >= 0.3 is 5.97 Å². The first kappa shape index (κ1) is 29.5. The number of carboxylic acid groups (broad SMARTS) is 1. The van der Waals surface area contributed by atoms with E-state index in [1.807, 2.05) is 32.6 Å². The molecule has 8 atom stereocenters. The topological polar surface area (TPSA) is 98.2 Å². The van der Waals surface area contributed by atoms with Gasteiger partial charge in [0.15, 0.2) is 0 Å². The van der Waals surface area contributed by atoms with Crippen molar-refractivity contribution in [1.82, 2.24) is 9.80 Å². The molecule has 1 spiro atoms. The predicted molar refractivity (Wildman–Crippen MR) is 147 cm³/mol. The molecule has 3 heterocycles. The molecule has 0 aromatic heterocycles. The van der Waals surface area contributed by atoms with E-state index in [1.165, 1.54) is 11.8 Å². The molecule has 2 amide bonds. The second kappa shape index (κ2) is 10.3. The first-order chi connectivity index (χ1) is 16.6. The van der Waals surface area contributed by atoms with Gasteiger partial charge in [0, 0.05) is 22.2 Å². The van der Waals surface area contributed by atoms with E-state index in [0.29, 0.717) is 13.0 Å². The summed E-state index contributed by atoms with van der Waals surface area (Å²) in [5.74, 6) is -3.19. The van der Waals surface area contributed by atoms with E-state index in [9.17, 15) is 24.6 Å². The monoisotopic (exact) mass is 586 g/mol. The summed E-state index contributed by atoms with van der Waals surface area (Å²) in [5, 5.41) is 20.3. The fourth-order valence-corrected chi connectivity index (χ4v) is 10.7. The molecule has 3 aliphatic rings. The van der Waals surface area contributed by atoms with Crippen LogP contribution >= 0.6 is 27.7 Å². The van der Waals surface area contributed by atoms with E-state index in [4.69, 9.17) is 0 Å². The second-order valence-electron chi connectivity index (χ2n) is 12.7. The number of hydrogen-bond acceptors (Lipinski definition) is 5. The van der Waals surface area contributed by atoms with Crippen molar-refractivity contribution in [2.45, 2.75) is 100 Å². The molecular formula is C27H43BrN2O5S. The van der Waals surface area contributed by atoms with E-state index in [-0.39, 0.29) is 39.8 Å². The Morgan fingerprint density at radius 3 is 2.42 bits per heavy atom. The largest absolute Gasteiger partial charge is 0.481 e. The number of likely N-dealkylation sites (tertiary alicyclic amines) is 1. The summed E-state index contributed by atoms with van der Waals surface area (Å²) >= 11 is 5.19. The van der Waals surface area contributed by atoms with Gasteiger partial charge in [-0.3, -0.25) is 14.4 Å². The molecule has 3 fully saturated rings. The summed E-state index contributed by atoms with van der Waals surface area (Å²) in [4.78, 5) is 44.5. The summed E-state index contributed by atoms with van der Waals surface area (Å²) in [6.45, 7) is 18.4. The van der Waals surface area contributed by atoms with Crippen molar-refractivity contribution in [1.29, 1.82) is 0 Å². The molecule has 2 bridgehead atoms. The van der Waals surface area contributed by atoms with Crippen LogP contribution < -0.4 is 0 Å². The van der Waals surface area contributed by atoms with Crippen molar-refractivity contribution >= 4 is 45.5 Å². The number of aliphatic carboxylic acids is 1. The quantitative estimate of drug-likeness (QED) is 0.294. The summed E-state index contributed by atoms with van der Waals surface area (Å²) in [5.41, 5.74) is -0.575. The normalized spacial score (nSPS) is 33.4. The minimum atomic E-state index is -0.995. The number of nitrogens with zero attached hydrogens (tertiary/aromatic N) is 2. The highest BCUT2D eigenvalue weighted by Crippen LogP contribution is 2.68. The predicted octanol–water partition coefficient (Wildman–Crippen LogP) is 4.17. The van der Waals surface area contributed by atoms with Crippen molar-refractivity contribution in [2.75, 3.05) is 13.2 Å². The van der Waals surface area contributed by atoms with Gasteiger partial charge in [0.2, 0.25) is 11.8 Å². The lowest BCUT2D eigenvalue weighted by Gasteiger charge is -2.47. The third kappa shape index (κ3) is 4.77. The Hall–Kier alpha value is -1.06. The highest BCUT2D eigenvalue weighted by molar-refractivity contribution is 9.09. The fraction of sp³-hybridized carbons (Fsp3) is 0.815. The van der Waals surface area contributed by atoms with Crippen molar-refractivity contribution in [2.24, 2.45) is 23.2 Å². The number of thioether (sulfide) groups is 1. The SMILES string of the molecule is C=CCN(C(=O)C1N([C@@H](CO)[C@@H](C)CC)C(=O)[C@@H]2[C@H](C(=O)O)[C@H]3SC12CC3Br)C(C)(C)CC(C)(C)C. The van der Waals surface area contributed by atoms with Gasteiger partial charge in [0.05, 0.1) is 29.2 Å². The molecule has 0 aliphatic carbocycles. The molecule has 3 saturated heterocycles. The highest BCUT2D eigenvalue weighted by atomic mass is 79.9. The Kier molecular flexibility index (Phi) is 8.40. The number of alkyl halides is 1. The molecule has 3 aliphatic heterocycles. The van der Waals surface area contributed by atoms with Gasteiger partial charge in [-0.05, 0) is 38.0 Å². The van der Waals surface area contributed by atoms with Crippen LogP contribution in [0.5, 0.6) is 0 Å². The lowest BCUT2D eigenvalue weighted by atomic mass is 9.70. The fourth-order valence-electron chi connectivity index (χ4n) is 7.11. The van der Waals surface area contributed by atoms with E-state index >= 15 is 0 Å². The maximum atomic E-state index is 14.7. The zero-order valence-corrected chi connectivity index (χ0v) is 25.1. The molecule has 7 nitrogen and oxygen atoms in total. The van der Waals surface area contributed by atoms with E-state index in [0.717, 1.165) is 12.8 Å². The van der Waals surface area contributed by atoms with Gasteiger partial charge in [-0.25, -0.2) is 0 Å². The minimum Gasteiger partial charge on any atom is -0.481 e. The van der Waals surface area contributed by atoms with Gasteiger partial charge in [0.25, 0.3) is 0 Å². The van der Waals surface area contributed by atoms with Crippen LogP contribution in [0.25, 0.3) is 0 Å². The number of amides is 2. The number of halogens is 1. The van der Waals surface area contributed by atoms with Gasteiger partial charge in [-0.15, -0.1) is 18.3 Å². The van der Waals surface area contributed by atoms with Crippen LogP contribution in [0.3, 0.4) is 0 Å². The number of carboxylic acids is 1. The number of hydrogen-bond donors (Lipinski definition) is 2. The third-order valence-corrected chi connectivity index (χ3v) is 11.6. The van der Waals surface area contributed by atoms with Crippen LogP contribution in [0, 0.1) is 23.2 Å². The minimum absolute atomic E-state index is 0.0461. The number of carbonyl (C=O) groups is 3. The van der Waals surface area contributed by atoms with Crippen LogP contribution in [0.1, 0.15) is 67.7 Å². The molecular weight excluding hydrogens is 544 g/mol. The van der Waals surface area contributed by atoms with E-state index in [1.54, 1.807) is 11.0 Å². The van der Waals surface area contributed by atoms with Gasteiger partial charge in [-0.2, -0.15) is 0 Å². The number of aliphatic hydroxyl groups excluding tert-OH is 1. The van der Waals surface area contributed by atoms with Crippen molar-refractivity contribution in [3.63, 3.8) is 0 Å². The van der Waals surface area contributed by atoms with Crippen LogP contribution in [-0.4, -0.2) is 83.4 Å². The average Bonchev–Trinajstić information content (AvgIpc) is 3.34. The second-order valence-corrected chi connectivity index (χ2v) is 15.4. The molecule has 0 saturated carbocycles. The van der Waals surface area contributed by atoms with Gasteiger partial charge in [-0.1, -0.05) is 63.0 Å². The van der Waals surface area contributed by atoms with Gasteiger partial charge < -0.3 is 20.0 Å². The summed E-state index contributed by atoms with van der Waals surface area (Å²) < 4.78 is -0.853. The van der Waals surface area contributed by atoms with Crippen LogP contribution in [-0.2, 0) is 14.4 Å². The third-order valence-electron chi connectivity index (χ3n) is 8.36. The van der Waals surface area contributed by atoms with Crippen LogP contribution in [0.4, 0.5) is 0 Å². The smallest absolute Gasteiger partial charge is 0.308 e. The number of fused-ring (bicyclic) bond motifs is 1. The standard InChI is InChI=1S/C27H43BrN2O5S/c1-9-11-29(26(7,8)14-25(4,5)6)23(33)21-27-12-16(28)20(36-27)18(24(34)35)19(27)22(32)30(21)17(13-31)15(3)10-2/h9,15-21,31H,1,10-14H2,2-8H3,(H,34,35)/t15-,16?,17-,18-,19-,20-,21?,27?/m0/s1. The molecule has 0 aromatic rings. The number of carbonyl (C=O) groups excluding carboxylic acids is 2. The lowest BCUT2D eigenvalue weighted by molar-refractivity contribution is -0.151. The average molecular weight is 588 g/mol. The molecule has 3 rings (SSSR count). The van der Waals surface area contributed by atoms with E-state index in [2.05, 4.69) is 43.3 Å². The Labute approximate surface area is 228 Å². The van der Waals surface area contributed by atoms with Crippen LogP contribution in [0.15, 0.2) is 12.7 Å². The Morgan fingerprint density at radius 1 is 1.33 bits per heavy atom. The van der Waals surface area contributed by atoms with Crippen molar-refractivity contribution in [3.8, 4) is 0 Å². The number of rotatable bonds is 10. The molecule has 36 heavy (non-hydrogen) atoms. The molecule has 0 aromatic carbocycles. The first-order valence-corrected chi connectivity index (χ1v) is 14.8. The zero-order valence-electron chi connectivity index (χ0n) is 22.7. The lowest BCUT2D eigenvalue weighted by Crippen LogP contribution is -2.62.